The van der Waals surface area contributed by atoms with Crippen molar-refractivity contribution in [2.45, 2.75) is 58.7 Å². The third-order valence-corrected chi connectivity index (χ3v) is 5.27. The van der Waals surface area contributed by atoms with Gasteiger partial charge >= 0.3 is 17.9 Å². The Kier molecular flexibility index (Phi) is 7.93. The zero-order valence-electron chi connectivity index (χ0n) is 17.1. The number of rotatable bonds is 6. The van der Waals surface area contributed by atoms with Crippen LogP contribution in [0.25, 0.3) is 0 Å². The summed E-state index contributed by atoms with van der Waals surface area (Å²) in [6.45, 7) is 8.85. The summed E-state index contributed by atoms with van der Waals surface area (Å²) in [5.74, 6) is -2.31. The predicted molar refractivity (Wildman–Crippen MR) is 105 cm³/mol. The largest absolute Gasteiger partial charge is 0.461 e. The lowest BCUT2D eigenvalue weighted by Gasteiger charge is -2.28. The lowest BCUT2D eigenvalue weighted by atomic mass is 9.85. The van der Waals surface area contributed by atoms with Gasteiger partial charge in [0, 0.05) is 18.9 Å². The van der Waals surface area contributed by atoms with Crippen molar-refractivity contribution >= 4 is 24.2 Å². The van der Waals surface area contributed by atoms with E-state index in [0.717, 1.165) is 11.9 Å². The smallest absolute Gasteiger partial charge is 0.334 e. The van der Waals surface area contributed by atoms with Crippen LogP contribution in [0.15, 0.2) is 35.5 Å². The van der Waals surface area contributed by atoms with Gasteiger partial charge in [0.1, 0.15) is 25.1 Å². The summed E-state index contributed by atoms with van der Waals surface area (Å²) in [4.78, 5) is 47.4. The van der Waals surface area contributed by atoms with Crippen molar-refractivity contribution in [2.24, 2.45) is 11.8 Å². The molecule has 7 nitrogen and oxygen atoms in total. The van der Waals surface area contributed by atoms with Gasteiger partial charge in [-0.15, -0.1) is 0 Å². The molecule has 0 bridgehead atoms. The van der Waals surface area contributed by atoms with Crippen LogP contribution in [0.5, 0.6) is 0 Å². The molecule has 158 valence electrons. The van der Waals surface area contributed by atoms with Crippen LogP contribution in [0.1, 0.15) is 46.5 Å². The number of fused-ring (bicyclic) bond motifs is 1. The van der Waals surface area contributed by atoms with Gasteiger partial charge < -0.3 is 14.2 Å². The molecule has 0 aromatic rings. The van der Waals surface area contributed by atoms with Crippen LogP contribution in [0.3, 0.4) is 0 Å². The van der Waals surface area contributed by atoms with Crippen molar-refractivity contribution in [1.29, 1.82) is 0 Å². The number of carbonyl (C=O) groups is 4. The number of allylic oxidation sites excluding steroid dienone is 1. The topological polar surface area (TPSA) is 96.0 Å². The molecular weight excluding hydrogens is 376 g/mol. The monoisotopic (exact) mass is 404 g/mol. The van der Waals surface area contributed by atoms with E-state index >= 15 is 0 Å². The van der Waals surface area contributed by atoms with E-state index in [4.69, 9.17) is 14.2 Å². The number of aldehydes is 1. The maximum absolute atomic E-state index is 12.4. The van der Waals surface area contributed by atoms with Crippen LogP contribution in [0.4, 0.5) is 0 Å². The van der Waals surface area contributed by atoms with E-state index in [2.05, 4.69) is 6.58 Å². The van der Waals surface area contributed by atoms with Gasteiger partial charge in [-0.3, -0.25) is 14.4 Å². The number of esters is 3. The van der Waals surface area contributed by atoms with Crippen LogP contribution in [0, 0.1) is 11.8 Å². The Morgan fingerprint density at radius 2 is 2.14 bits per heavy atom. The van der Waals surface area contributed by atoms with Gasteiger partial charge in [-0.25, -0.2) is 4.79 Å². The third kappa shape index (κ3) is 5.89. The molecule has 4 atom stereocenters. The number of hydrogen-bond donors (Lipinski definition) is 0. The Labute approximate surface area is 170 Å². The lowest BCUT2D eigenvalue weighted by molar-refractivity contribution is -0.156. The van der Waals surface area contributed by atoms with E-state index in [1.807, 2.05) is 6.92 Å². The van der Waals surface area contributed by atoms with E-state index in [1.165, 1.54) is 6.92 Å². The van der Waals surface area contributed by atoms with Crippen LogP contribution < -0.4 is 0 Å². The van der Waals surface area contributed by atoms with Gasteiger partial charge in [0.25, 0.3) is 0 Å². The molecule has 1 heterocycles. The molecule has 7 heteroatoms. The van der Waals surface area contributed by atoms with Crippen molar-refractivity contribution in [2.75, 3.05) is 6.61 Å². The molecular formula is C22H28O7. The Hall–Kier alpha value is -2.70. The van der Waals surface area contributed by atoms with Crippen LogP contribution in [0.2, 0.25) is 0 Å². The summed E-state index contributed by atoms with van der Waals surface area (Å²) < 4.78 is 16.3. The van der Waals surface area contributed by atoms with Crippen LogP contribution in [-0.2, 0) is 33.4 Å². The van der Waals surface area contributed by atoms with Crippen molar-refractivity contribution in [3.8, 4) is 0 Å². The molecule has 29 heavy (non-hydrogen) atoms. The van der Waals surface area contributed by atoms with E-state index in [-0.39, 0.29) is 24.5 Å². The highest BCUT2D eigenvalue weighted by Crippen LogP contribution is 2.36. The molecule has 0 spiro atoms. The third-order valence-electron chi connectivity index (χ3n) is 5.27. The van der Waals surface area contributed by atoms with E-state index in [9.17, 15) is 19.2 Å². The fourth-order valence-electron chi connectivity index (χ4n) is 3.34. The average Bonchev–Trinajstić information content (AvgIpc) is 2.96. The normalized spacial score (nSPS) is 29.3. The first kappa shape index (κ1) is 22.6. The molecule has 0 radical (unpaired) electrons. The summed E-state index contributed by atoms with van der Waals surface area (Å²) in [7, 11) is 0. The highest BCUT2D eigenvalue weighted by Gasteiger charge is 2.45. The van der Waals surface area contributed by atoms with Gasteiger partial charge in [-0.05, 0) is 36.5 Å². The molecule has 0 aromatic heterocycles. The fraction of sp³-hybridized carbons (Fsp3) is 0.545. The summed E-state index contributed by atoms with van der Waals surface area (Å²) in [6.07, 6.45) is 4.65. The van der Waals surface area contributed by atoms with Gasteiger partial charge in [0.2, 0.25) is 0 Å². The molecule has 1 saturated heterocycles. The van der Waals surface area contributed by atoms with Gasteiger partial charge in [-0.2, -0.15) is 0 Å². The lowest BCUT2D eigenvalue weighted by Crippen LogP contribution is -2.35. The molecule has 0 aromatic carbocycles. The molecule has 0 N–H and O–H groups in total. The summed E-state index contributed by atoms with van der Waals surface area (Å²) in [5, 5.41) is 0. The minimum atomic E-state index is -0.763. The van der Waals surface area contributed by atoms with Gasteiger partial charge in [-0.1, -0.05) is 26.5 Å². The number of carbonyl (C=O) groups excluding carboxylic acids is 4. The molecule has 0 saturated carbocycles. The minimum absolute atomic E-state index is 0.0597. The zero-order chi connectivity index (χ0) is 21.6. The number of hydrogen-bond acceptors (Lipinski definition) is 7. The Balaban J connectivity index is 2.41. The predicted octanol–water partition coefficient (Wildman–Crippen LogP) is 2.84. The molecule has 2 aliphatic rings. The quantitative estimate of drug-likeness (QED) is 0.221. The Morgan fingerprint density at radius 1 is 1.41 bits per heavy atom. The first-order valence-corrected chi connectivity index (χ1v) is 9.84. The molecule has 1 aliphatic heterocycles. The first-order valence-electron chi connectivity index (χ1n) is 9.84. The van der Waals surface area contributed by atoms with E-state index in [1.54, 1.807) is 19.1 Å². The zero-order valence-corrected chi connectivity index (χ0v) is 17.1. The highest BCUT2D eigenvalue weighted by atomic mass is 16.6. The van der Waals surface area contributed by atoms with E-state index < -0.39 is 36.0 Å². The standard InChI is InChI=1S/C22H28O7/c1-5-13(2)21(25)28-18-9-16(11-23)7-6-8-17(12-27-15(4)24)10-19-20(18)14(3)22(26)29-19/h7,10-11,13,18-20H,3,5-6,8-9,12H2,1-2,4H3/b16-7-,17-10-/t13-,18-,19-,20-/m1/s1. The second-order valence-electron chi connectivity index (χ2n) is 7.45. The van der Waals surface area contributed by atoms with Crippen molar-refractivity contribution in [3.63, 3.8) is 0 Å². The van der Waals surface area contributed by atoms with Crippen molar-refractivity contribution < 1.29 is 33.4 Å². The average molecular weight is 404 g/mol. The molecule has 2 rings (SSSR count). The van der Waals surface area contributed by atoms with Gasteiger partial charge in [0.05, 0.1) is 11.8 Å². The fourth-order valence-corrected chi connectivity index (χ4v) is 3.34. The van der Waals surface area contributed by atoms with Crippen molar-refractivity contribution in [3.05, 3.63) is 35.5 Å². The second kappa shape index (κ2) is 10.2. The number of ether oxygens (including phenoxy) is 3. The second-order valence-corrected chi connectivity index (χ2v) is 7.45. The molecule has 1 fully saturated rings. The maximum atomic E-state index is 12.4. The summed E-state index contributed by atoms with van der Waals surface area (Å²) in [5.41, 5.74) is 1.44. The molecule has 0 unspecified atom stereocenters. The van der Waals surface area contributed by atoms with Crippen molar-refractivity contribution in [1.82, 2.24) is 0 Å². The Morgan fingerprint density at radius 3 is 2.76 bits per heavy atom. The van der Waals surface area contributed by atoms with Crippen LogP contribution >= 0.6 is 0 Å². The SMILES string of the molecule is C=C1C(=O)O[C@@H]2/C=C(\COC(C)=O)CC/C=C(\C=O)C[C@@H](OC(=O)[C@H](C)CC)[C@@H]12. The van der Waals surface area contributed by atoms with E-state index in [0.29, 0.717) is 24.8 Å². The summed E-state index contributed by atoms with van der Waals surface area (Å²) >= 11 is 0. The summed E-state index contributed by atoms with van der Waals surface area (Å²) in [6, 6.07) is 0. The molecule has 0 amide bonds. The molecule has 1 aliphatic carbocycles. The first-order chi connectivity index (χ1) is 13.8. The highest BCUT2D eigenvalue weighted by molar-refractivity contribution is 5.91. The van der Waals surface area contributed by atoms with Gasteiger partial charge in [0.15, 0.2) is 0 Å². The minimum Gasteiger partial charge on any atom is -0.461 e. The maximum Gasteiger partial charge on any atom is 0.334 e. The van der Waals surface area contributed by atoms with Crippen LogP contribution in [-0.4, -0.2) is 43.0 Å². The Bertz CT molecular complexity index is 746.